The van der Waals surface area contributed by atoms with Crippen LogP contribution in [-0.2, 0) is 4.79 Å². The Hall–Kier alpha value is -3.26. The lowest BCUT2D eigenvalue weighted by Crippen LogP contribution is -2.32. The van der Waals surface area contributed by atoms with Gasteiger partial charge in [-0.1, -0.05) is 0 Å². The van der Waals surface area contributed by atoms with Gasteiger partial charge in [-0.05, 0) is 74.1 Å². The average Bonchev–Trinajstić information content (AvgIpc) is 2.61. The van der Waals surface area contributed by atoms with Gasteiger partial charge in [0.15, 0.2) is 5.11 Å². The maximum atomic E-state index is 11.9. The summed E-state index contributed by atoms with van der Waals surface area (Å²) in [4.78, 5) is 22.0. The monoisotopic (exact) mass is 385 g/mol. The Morgan fingerprint density at radius 2 is 1.78 bits per heavy atom. The maximum absolute atomic E-state index is 11.9. The lowest BCUT2D eigenvalue weighted by molar-refractivity contribution is -0.384. The highest BCUT2D eigenvalue weighted by molar-refractivity contribution is 7.80. The SMILES string of the molecule is CC(C)Oc1ccc(NC(=S)NC(=O)/C=C/c2ccc([N+](=O)[O-])cc2)cc1. The largest absolute Gasteiger partial charge is 0.491 e. The van der Waals surface area contributed by atoms with Crippen LogP contribution in [-0.4, -0.2) is 22.0 Å². The molecule has 1 amide bonds. The van der Waals surface area contributed by atoms with Crippen molar-refractivity contribution in [3.05, 3.63) is 70.3 Å². The lowest BCUT2D eigenvalue weighted by atomic mass is 10.2. The number of ether oxygens (including phenoxy) is 1. The van der Waals surface area contributed by atoms with E-state index in [-0.39, 0.29) is 16.9 Å². The van der Waals surface area contributed by atoms with Crippen LogP contribution in [0.5, 0.6) is 5.75 Å². The number of rotatable bonds is 6. The summed E-state index contributed by atoms with van der Waals surface area (Å²) >= 11 is 5.11. The molecular weight excluding hydrogens is 366 g/mol. The summed E-state index contributed by atoms with van der Waals surface area (Å²) in [5.41, 5.74) is 1.37. The second kappa shape index (κ2) is 9.44. The van der Waals surface area contributed by atoms with Crippen LogP contribution >= 0.6 is 12.2 Å². The third-order valence-electron chi connectivity index (χ3n) is 3.25. The van der Waals surface area contributed by atoms with Gasteiger partial charge in [-0.2, -0.15) is 0 Å². The molecule has 0 atom stereocenters. The summed E-state index contributed by atoms with van der Waals surface area (Å²) in [5, 5.41) is 16.2. The maximum Gasteiger partial charge on any atom is 0.269 e. The minimum Gasteiger partial charge on any atom is -0.491 e. The summed E-state index contributed by atoms with van der Waals surface area (Å²) in [6, 6.07) is 13.1. The first-order valence-electron chi connectivity index (χ1n) is 8.14. The molecule has 0 saturated carbocycles. The lowest BCUT2D eigenvalue weighted by Gasteiger charge is -2.11. The Kier molecular flexibility index (Phi) is 7.01. The Balaban J connectivity index is 1.85. The molecule has 0 aliphatic heterocycles. The molecule has 0 aliphatic rings. The highest BCUT2D eigenvalue weighted by Gasteiger charge is 2.04. The Bertz CT molecular complexity index is 846. The zero-order valence-electron chi connectivity index (χ0n) is 14.8. The predicted molar refractivity (Wildman–Crippen MR) is 109 cm³/mol. The summed E-state index contributed by atoms with van der Waals surface area (Å²) in [5.74, 6) is 0.335. The molecule has 140 valence electrons. The highest BCUT2D eigenvalue weighted by atomic mass is 32.1. The van der Waals surface area contributed by atoms with Crippen molar-refractivity contribution in [3.63, 3.8) is 0 Å². The molecule has 0 radical (unpaired) electrons. The van der Waals surface area contributed by atoms with E-state index >= 15 is 0 Å². The van der Waals surface area contributed by atoms with E-state index in [4.69, 9.17) is 17.0 Å². The van der Waals surface area contributed by atoms with Crippen LogP contribution in [0.4, 0.5) is 11.4 Å². The normalized spacial score (nSPS) is 10.6. The summed E-state index contributed by atoms with van der Waals surface area (Å²) in [7, 11) is 0. The number of nitrogens with zero attached hydrogens (tertiary/aromatic N) is 1. The second-order valence-corrected chi connectivity index (χ2v) is 6.22. The first kappa shape index (κ1) is 20.1. The fourth-order valence-electron chi connectivity index (χ4n) is 2.08. The van der Waals surface area contributed by atoms with Crippen LogP contribution in [0.15, 0.2) is 54.6 Å². The number of thiocarbonyl (C=S) groups is 1. The number of carbonyl (C=O) groups excluding carboxylic acids is 1. The third-order valence-corrected chi connectivity index (χ3v) is 3.46. The number of nitro benzene ring substituents is 1. The smallest absolute Gasteiger partial charge is 0.269 e. The molecule has 0 aliphatic carbocycles. The molecule has 8 heteroatoms. The molecule has 7 nitrogen and oxygen atoms in total. The van der Waals surface area contributed by atoms with Crippen LogP contribution in [0.2, 0.25) is 0 Å². The molecule has 0 bridgehead atoms. The van der Waals surface area contributed by atoms with Crippen LogP contribution in [0.1, 0.15) is 19.4 Å². The molecular formula is C19H19N3O4S. The van der Waals surface area contributed by atoms with Crippen molar-refractivity contribution in [1.29, 1.82) is 0 Å². The third kappa shape index (κ3) is 6.87. The van der Waals surface area contributed by atoms with Crippen molar-refractivity contribution in [2.75, 3.05) is 5.32 Å². The number of hydrogen-bond acceptors (Lipinski definition) is 5. The average molecular weight is 385 g/mol. The van der Waals surface area contributed by atoms with Crippen molar-refractivity contribution in [3.8, 4) is 5.75 Å². The number of nitro groups is 1. The minimum absolute atomic E-state index is 0.00760. The molecule has 2 N–H and O–H groups in total. The van der Waals surface area contributed by atoms with Gasteiger partial charge in [-0.15, -0.1) is 0 Å². The quantitative estimate of drug-likeness (QED) is 0.339. The van der Waals surface area contributed by atoms with Gasteiger partial charge in [0.1, 0.15) is 5.75 Å². The van der Waals surface area contributed by atoms with Crippen molar-refractivity contribution in [1.82, 2.24) is 5.32 Å². The summed E-state index contributed by atoms with van der Waals surface area (Å²) < 4.78 is 5.56. The standard InChI is InChI=1S/C19H19N3O4S/c1-13(2)26-17-10-6-15(7-11-17)20-19(27)21-18(23)12-5-14-3-8-16(9-4-14)22(24)25/h3-13H,1-2H3,(H2,20,21,23,27)/b12-5+. The van der Waals surface area contributed by atoms with E-state index in [2.05, 4.69) is 10.6 Å². The van der Waals surface area contributed by atoms with Crippen LogP contribution in [0.25, 0.3) is 6.08 Å². The molecule has 0 aromatic heterocycles. The van der Waals surface area contributed by atoms with E-state index in [1.807, 2.05) is 13.8 Å². The van der Waals surface area contributed by atoms with Gasteiger partial charge >= 0.3 is 0 Å². The summed E-state index contributed by atoms with van der Waals surface area (Å²) in [6.45, 7) is 3.89. The van der Waals surface area contributed by atoms with Gasteiger partial charge in [0.2, 0.25) is 5.91 Å². The molecule has 2 aromatic rings. The van der Waals surface area contributed by atoms with Crippen molar-refractivity contribution < 1.29 is 14.5 Å². The van der Waals surface area contributed by atoms with Gasteiger partial charge < -0.3 is 10.1 Å². The van der Waals surface area contributed by atoms with E-state index in [1.54, 1.807) is 42.5 Å². The van der Waals surface area contributed by atoms with E-state index in [0.29, 0.717) is 5.56 Å². The highest BCUT2D eigenvalue weighted by Crippen LogP contribution is 2.17. The number of carbonyl (C=O) groups is 1. The topological polar surface area (TPSA) is 93.5 Å². The van der Waals surface area contributed by atoms with E-state index in [0.717, 1.165) is 11.4 Å². The van der Waals surface area contributed by atoms with E-state index in [1.165, 1.54) is 18.2 Å². The number of anilines is 1. The minimum atomic E-state index is -0.480. The fourth-order valence-corrected chi connectivity index (χ4v) is 2.30. The molecule has 2 aromatic carbocycles. The zero-order valence-corrected chi connectivity index (χ0v) is 15.7. The number of amides is 1. The number of non-ortho nitro benzene ring substituents is 1. The molecule has 0 fully saturated rings. The molecule has 0 spiro atoms. The summed E-state index contributed by atoms with van der Waals surface area (Å²) in [6.07, 6.45) is 2.93. The molecule has 0 heterocycles. The van der Waals surface area contributed by atoms with Gasteiger partial charge in [0, 0.05) is 23.9 Å². The van der Waals surface area contributed by atoms with Crippen LogP contribution in [0.3, 0.4) is 0 Å². The van der Waals surface area contributed by atoms with Gasteiger partial charge in [0.25, 0.3) is 5.69 Å². The fraction of sp³-hybridized carbons (Fsp3) is 0.158. The van der Waals surface area contributed by atoms with Gasteiger partial charge in [-0.3, -0.25) is 20.2 Å². The zero-order chi connectivity index (χ0) is 19.8. The Morgan fingerprint density at radius 3 is 2.33 bits per heavy atom. The molecule has 0 unspecified atom stereocenters. The first-order chi connectivity index (χ1) is 12.8. The first-order valence-corrected chi connectivity index (χ1v) is 8.55. The number of nitrogens with one attached hydrogen (secondary N) is 2. The second-order valence-electron chi connectivity index (χ2n) is 5.82. The van der Waals surface area contributed by atoms with Crippen LogP contribution in [0, 0.1) is 10.1 Å². The van der Waals surface area contributed by atoms with Crippen molar-refractivity contribution in [2.45, 2.75) is 20.0 Å². The predicted octanol–water partition coefficient (Wildman–Crippen LogP) is 3.91. The van der Waals surface area contributed by atoms with Gasteiger partial charge in [-0.25, -0.2) is 0 Å². The van der Waals surface area contributed by atoms with Gasteiger partial charge in [0.05, 0.1) is 11.0 Å². The number of hydrogen-bond donors (Lipinski definition) is 2. The Labute approximate surface area is 162 Å². The van der Waals surface area contributed by atoms with E-state index < -0.39 is 10.8 Å². The number of benzene rings is 2. The Morgan fingerprint density at radius 1 is 1.15 bits per heavy atom. The van der Waals surface area contributed by atoms with E-state index in [9.17, 15) is 14.9 Å². The molecule has 2 rings (SSSR count). The van der Waals surface area contributed by atoms with Crippen molar-refractivity contribution >= 4 is 40.7 Å². The molecule has 27 heavy (non-hydrogen) atoms. The molecule has 0 saturated heterocycles. The van der Waals surface area contributed by atoms with Crippen LogP contribution < -0.4 is 15.4 Å². The van der Waals surface area contributed by atoms with Crippen molar-refractivity contribution in [2.24, 2.45) is 0 Å².